The summed E-state index contributed by atoms with van der Waals surface area (Å²) in [4.78, 5) is 16.9. The molecule has 3 atom stereocenters. The number of nitrogens with zero attached hydrogens (tertiary/aromatic N) is 2. The normalized spacial score (nSPS) is 32.8. The van der Waals surface area contributed by atoms with Crippen molar-refractivity contribution in [2.45, 2.75) is 46.1 Å². The van der Waals surface area contributed by atoms with Gasteiger partial charge in [0.25, 0.3) is 0 Å². The number of amides is 1. The standard InChI is InChI=1S/C14H26N2O/c1-11-8-12(2)10-16(9-11)14(17)13(3)15-6-4-5-7-15/h11-13H,4-10H2,1-3H3. The second-order valence-electron chi connectivity index (χ2n) is 6.11. The van der Waals surface area contributed by atoms with Crippen LogP contribution in [-0.2, 0) is 4.79 Å². The summed E-state index contributed by atoms with van der Waals surface area (Å²) in [5, 5.41) is 0. The van der Waals surface area contributed by atoms with Gasteiger partial charge >= 0.3 is 0 Å². The van der Waals surface area contributed by atoms with Crippen LogP contribution >= 0.6 is 0 Å². The average Bonchev–Trinajstić information content (AvgIpc) is 2.79. The summed E-state index contributed by atoms with van der Waals surface area (Å²) in [5.74, 6) is 1.67. The molecule has 3 heteroatoms. The number of likely N-dealkylation sites (tertiary alicyclic amines) is 2. The van der Waals surface area contributed by atoms with E-state index in [2.05, 4.69) is 30.6 Å². The van der Waals surface area contributed by atoms with Crippen LogP contribution in [-0.4, -0.2) is 47.9 Å². The van der Waals surface area contributed by atoms with E-state index in [1.807, 2.05) is 0 Å². The van der Waals surface area contributed by atoms with E-state index in [9.17, 15) is 4.79 Å². The molecular weight excluding hydrogens is 212 g/mol. The summed E-state index contributed by atoms with van der Waals surface area (Å²) in [6, 6.07) is 0.0926. The smallest absolute Gasteiger partial charge is 0.239 e. The first kappa shape index (κ1) is 12.9. The summed E-state index contributed by atoms with van der Waals surface area (Å²) in [6.07, 6.45) is 3.77. The molecule has 17 heavy (non-hydrogen) atoms. The molecule has 2 rings (SSSR count). The molecular formula is C14H26N2O. The molecule has 2 aliphatic rings. The fourth-order valence-electron chi connectivity index (χ4n) is 3.39. The van der Waals surface area contributed by atoms with Gasteiger partial charge in [-0.05, 0) is 51.1 Å². The number of hydrogen-bond donors (Lipinski definition) is 0. The van der Waals surface area contributed by atoms with E-state index in [1.54, 1.807) is 0 Å². The second-order valence-corrected chi connectivity index (χ2v) is 6.11. The first-order valence-electron chi connectivity index (χ1n) is 7.10. The zero-order valence-electron chi connectivity index (χ0n) is 11.5. The molecule has 0 saturated carbocycles. The van der Waals surface area contributed by atoms with Crippen LogP contribution in [0.2, 0.25) is 0 Å². The number of rotatable bonds is 2. The maximum absolute atomic E-state index is 12.5. The van der Waals surface area contributed by atoms with Crippen molar-refractivity contribution in [1.82, 2.24) is 9.80 Å². The van der Waals surface area contributed by atoms with Crippen molar-refractivity contribution in [2.24, 2.45) is 11.8 Å². The van der Waals surface area contributed by atoms with Crippen LogP contribution in [0.5, 0.6) is 0 Å². The molecule has 0 aromatic heterocycles. The summed E-state index contributed by atoms with van der Waals surface area (Å²) < 4.78 is 0. The van der Waals surface area contributed by atoms with E-state index in [-0.39, 0.29) is 6.04 Å². The second kappa shape index (κ2) is 5.38. The van der Waals surface area contributed by atoms with Crippen LogP contribution in [0, 0.1) is 11.8 Å². The van der Waals surface area contributed by atoms with Crippen molar-refractivity contribution in [2.75, 3.05) is 26.2 Å². The molecule has 0 bridgehead atoms. The monoisotopic (exact) mass is 238 g/mol. The molecule has 3 nitrogen and oxygen atoms in total. The highest BCUT2D eigenvalue weighted by molar-refractivity contribution is 5.81. The van der Waals surface area contributed by atoms with Crippen LogP contribution in [0.15, 0.2) is 0 Å². The zero-order valence-corrected chi connectivity index (χ0v) is 11.5. The maximum Gasteiger partial charge on any atom is 0.239 e. The van der Waals surface area contributed by atoms with Gasteiger partial charge in [-0.25, -0.2) is 0 Å². The van der Waals surface area contributed by atoms with Crippen LogP contribution in [0.3, 0.4) is 0 Å². The van der Waals surface area contributed by atoms with Gasteiger partial charge in [-0.3, -0.25) is 9.69 Å². The minimum Gasteiger partial charge on any atom is -0.341 e. The summed E-state index contributed by atoms with van der Waals surface area (Å²) in [7, 11) is 0. The summed E-state index contributed by atoms with van der Waals surface area (Å²) in [5.41, 5.74) is 0. The van der Waals surface area contributed by atoms with Gasteiger partial charge < -0.3 is 4.90 Å². The van der Waals surface area contributed by atoms with E-state index >= 15 is 0 Å². The van der Waals surface area contributed by atoms with Gasteiger partial charge in [-0.15, -0.1) is 0 Å². The lowest BCUT2D eigenvalue weighted by molar-refractivity contribution is -0.138. The molecule has 0 aromatic carbocycles. The third-order valence-electron chi connectivity index (χ3n) is 4.23. The number of carbonyl (C=O) groups excluding carboxylic acids is 1. The molecule has 2 heterocycles. The zero-order chi connectivity index (χ0) is 12.4. The highest BCUT2D eigenvalue weighted by Gasteiger charge is 2.31. The van der Waals surface area contributed by atoms with Crippen LogP contribution in [0.25, 0.3) is 0 Å². The number of carbonyl (C=O) groups is 1. The van der Waals surface area contributed by atoms with Crippen molar-refractivity contribution in [3.05, 3.63) is 0 Å². The SMILES string of the molecule is CC1CC(C)CN(C(=O)C(C)N2CCCC2)C1. The van der Waals surface area contributed by atoms with Gasteiger partial charge in [0.05, 0.1) is 6.04 Å². The Labute approximate surface area is 105 Å². The number of piperidine rings is 1. The molecule has 0 aromatic rings. The Morgan fingerprint density at radius 3 is 2.18 bits per heavy atom. The van der Waals surface area contributed by atoms with Crippen molar-refractivity contribution in [1.29, 1.82) is 0 Å². The van der Waals surface area contributed by atoms with Gasteiger partial charge in [0, 0.05) is 13.1 Å². The van der Waals surface area contributed by atoms with Crippen molar-refractivity contribution in [3.63, 3.8) is 0 Å². The molecule has 0 spiro atoms. The fraction of sp³-hybridized carbons (Fsp3) is 0.929. The predicted molar refractivity (Wildman–Crippen MR) is 69.8 cm³/mol. The lowest BCUT2D eigenvalue weighted by Crippen LogP contribution is -2.50. The highest BCUT2D eigenvalue weighted by atomic mass is 16.2. The molecule has 2 aliphatic heterocycles. The molecule has 0 N–H and O–H groups in total. The van der Waals surface area contributed by atoms with E-state index in [0.717, 1.165) is 26.2 Å². The Morgan fingerprint density at radius 2 is 1.65 bits per heavy atom. The molecule has 98 valence electrons. The van der Waals surface area contributed by atoms with E-state index < -0.39 is 0 Å². The first-order valence-corrected chi connectivity index (χ1v) is 7.10. The lowest BCUT2D eigenvalue weighted by Gasteiger charge is -2.38. The maximum atomic E-state index is 12.5. The van der Waals surface area contributed by atoms with Gasteiger partial charge in [0.15, 0.2) is 0 Å². The van der Waals surface area contributed by atoms with Gasteiger partial charge in [-0.2, -0.15) is 0 Å². The van der Waals surface area contributed by atoms with Crippen molar-refractivity contribution >= 4 is 5.91 Å². The lowest BCUT2D eigenvalue weighted by atomic mass is 9.91. The van der Waals surface area contributed by atoms with E-state index in [0.29, 0.717) is 17.7 Å². The van der Waals surface area contributed by atoms with Gasteiger partial charge in [0.2, 0.25) is 5.91 Å². The van der Waals surface area contributed by atoms with Gasteiger partial charge in [-0.1, -0.05) is 13.8 Å². The third-order valence-corrected chi connectivity index (χ3v) is 4.23. The number of hydrogen-bond acceptors (Lipinski definition) is 2. The molecule has 1 amide bonds. The predicted octanol–water partition coefficient (Wildman–Crippen LogP) is 1.98. The molecule has 0 radical (unpaired) electrons. The quantitative estimate of drug-likeness (QED) is 0.734. The topological polar surface area (TPSA) is 23.6 Å². The Hall–Kier alpha value is -0.570. The van der Waals surface area contributed by atoms with Crippen molar-refractivity contribution < 1.29 is 4.79 Å². The Balaban J connectivity index is 1.93. The Kier molecular flexibility index (Phi) is 4.08. The molecule has 2 fully saturated rings. The molecule has 0 aliphatic carbocycles. The van der Waals surface area contributed by atoms with E-state index in [4.69, 9.17) is 0 Å². The average molecular weight is 238 g/mol. The summed E-state index contributed by atoms with van der Waals surface area (Å²) >= 11 is 0. The largest absolute Gasteiger partial charge is 0.341 e. The van der Waals surface area contributed by atoms with Crippen LogP contribution in [0.1, 0.15) is 40.0 Å². The molecule has 3 unspecified atom stereocenters. The minimum absolute atomic E-state index is 0.0926. The third kappa shape index (κ3) is 3.01. The summed E-state index contributed by atoms with van der Waals surface area (Å²) in [6.45, 7) is 10.7. The highest BCUT2D eigenvalue weighted by Crippen LogP contribution is 2.23. The van der Waals surface area contributed by atoms with Crippen LogP contribution < -0.4 is 0 Å². The first-order chi connectivity index (χ1) is 8.08. The van der Waals surface area contributed by atoms with Crippen molar-refractivity contribution in [3.8, 4) is 0 Å². The fourth-order valence-corrected chi connectivity index (χ4v) is 3.39. The Bertz CT molecular complexity index is 263. The van der Waals surface area contributed by atoms with Gasteiger partial charge in [0.1, 0.15) is 0 Å². The Morgan fingerprint density at radius 1 is 1.12 bits per heavy atom. The minimum atomic E-state index is 0.0926. The molecule has 2 saturated heterocycles. The van der Waals surface area contributed by atoms with Crippen LogP contribution in [0.4, 0.5) is 0 Å². The van der Waals surface area contributed by atoms with E-state index in [1.165, 1.54) is 19.3 Å².